The van der Waals surface area contributed by atoms with E-state index >= 15 is 0 Å². The van der Waals surface area contributed by atoms with Crippen LogP contribution >= 0.6 is 0 Å². The summed E-state index contributed by atoms with van der Waals surface area (Å²) in [5, 5.41) is 2.92. The van der Waals surface area contributed by atoms with Crippen LogP contribution in [0, 0.1) is 0 Å². The van der Waals surface area contributed by atoms with Crippen molar-refractivity contribution in [1.82, 2.24) is 5.32 Å². The summed E-state index contributed by atoms with van der Waals surface area (Å²) in [6.45, 7) is 3.13. The van der Waals surface area contributed by atoms with E-state index in [0.29, 0.717) is 18.7 Å². The monoisotopic (exact) mass is 268 g/mol. The fourth-order valence-corrected chi connectivity index (χ4v) is 2.04. The predicted octanol–water partition coefficient (Wildman–Crippen LogP) is 2.64. The van der Waals surface area contributed by atoms with Gasteiger partial charge in [0.1, 0.15) is 0 Å². The molecule has 2 aromatic rings. The van der Waals surface area contributed by atoms with Crippen molar-refractivity contribution < 1.29 is 4.79 Å². The minimum atomic E-state index is -0.0502. The fourth-order valence-electron chi connectivity index (χ4n) is 2.04. The molecule has 3 nitrogen and oxygen atoms in total. The molecule has 20 heavy (non-hydrogen) atoms. The first-order valence-corrected chi connectivity index (χ1v) is 6.88. The number of benzene rings is 2. The smallest absolute Gasteiger partial charge is 0.251 e. The van der Waals surface area contributed by atoms with Gasteiger partial charge in [-0.05, 0) is 35.2 Å². The van der Waals surface area contributed by atoms with Gasteiger partial charge in [-0.15, -0.1) is 0 Å². The van der Waals surface area contributed by atoms with Gasteiger partial charge in [0.2, 0.25) is 0 Å². The normalized spacial score (nSPS) is 10.3. The van der Waals surface area contributed by atoms with Crippen molar-refractivity contribution >= 4 is 5.91 Å². The number of amides is 1. The van der Waals surface area contributed by atoms with E-state index in [1.807, 2.05) is 48.5 Å². The van der Waals surface area contributed by atoms with Gasteiger partial charge in [0.05, 0.1) is 0 Å². The van der Waals surface area contributed by atoms with Gasteiger partial charge in [-0.25, -0.2) is 0 Å². The van der Waals surface area contributed by atoms with Gasteiger partial charge >= 0.3 is 0 Å². The molecule has 0 heterocycles. The topological polar surface area (TPSA) is 55.1 Å². The van der Waals surface area contributed by atoms with E-state index in [2.05, 4.69) is 12.2 Å². The summed E-state index contributed by atoms with van der Waals surface area (Å²) in [6, 6.07) is 15.7. The zero-order chi connectivity index (χ0) is 14.4. The molecule has 0 aliphatic rings. The van der Waals surface area contributed by atoms with Crippen molar-refractivity contribution in [1.29, 1.82) is 0 Å². The fraction of sp³-hybridized carbons (Fsp3) is 0.235. The SMILES string of the molecule is CCc1ccc(C(=O)NCc2cccc(CN)c2)cc1. The van der Waals surface area contributed by atoms with Crippen LogP contribution in [0.15, 0.2) is 48.5 Å². The first-order chi connectivity index (χ1) is 9.72. The summed E-state index contributed by atoms with van der Waals surface area (Å²) in [4.78, 5) is 12.0. The Morgan fingerprint density at radius 1 is 1.05 bits per heavy atom. The lowest BCUT2D eigenvalue weighted by Crippen LogP contribution is -2.22. The summed E-state index contributed by atoms with van der Waals surface area (Å²) in [5.41, 5.74) is 9.67. The van der Waals surface area contributed by atoms with Crippen LogP contribution in [0.25, 0.3) is 0 Å². The highest BCUT2D eigenvalue weighted by atomic mass is 16.1. The van der Waals surface area contributed by atoms with Crippen LogP contribution in [0.4, 0.5) is 0 Å². The average molecular weight is 268 g/mol. The summed E-state index contributed by atoms with van der Waals surface area (Å²) in [5.74, 6) is -0.0502. The van der Waals surface area contributed by atoms with Crippen molar-refractivity contribution in [2.45, 2.75) is 26.4 Å². The first kappa shape index (κ1) is 14.3. The molecule has 0 bridgehead atoms. The highest BCUT2D eigenvalue weighted by molar-refractivity contribution is 5.94. The Labute approximate surface area is 119 Å². The van der Waals surface area contributed by atoms with Crippen LogP contribution in [0.5, 0.6) is 0 Å². The molecule has 0 saturated carbocycles. The quantitative estimate of drug-likeness (QED) is 0.876. The van der Waals surface area contributed by atoms with E-state index in [4.69, 9.17) is 5.73 Å². The second-order valence-corrected chi connectivity index (χ2v) is 4.76. The van der Waals surface area contributed by atoms with E-state index in [9.17, 15) is 4.79 Å². The third kappa shape index (κ3) is 3.68. The maximum atomic E-state index is 12.0. The van der Waals surface area contributed by atoms with Gasteiger partial charge in [0.15, 0.2) is 0 Å². The first-order valence-electron chi connectivity index (χ1n) is 6.88. The summed E-state index contributed by atoms with van der Waals surface area (Å²) in [7, 11) is 0. The Morgan fingerprint density at radius 3 is 2.40 bits per heavy atom. The van der Waals surface area contributed by atoms with Crippen LogP contribution < -0.4 is 11.1 Å². The van der Waals surface area contributed by atoms with Gasteiger partial charge in [0, 0.05) is 18.7 Å². The number of rotatable bonds is 5. The Kier molecular flexibility index (Phi) is 4.91. The number of carbonyl (C=O) groups excluding carboxylic acids is 1. The molecule has 0 aromatic heterocycles. The van der Waals surface area contributed by atoms with E-state index in [1.165, 1.54) is 5.56 Å². The van der Waals surface area contributed by atoms with Crippen molar-refractivity contribution in [3.05, 3.63) is 70.8 Å². The van der Waals surface area contributed by atoms with Crippen LogP contribution in [-0.2, 0) is 19.5 Å². The van der Waals surface area contributed by atoms with Crippen LogP contribution in [0.2, 0.25) is 0 Å². The zero-order valence-corrected chi connectivity index (χ0v) is 11.7. The van der Waals surface area contributed by atoms with Crippen molar-refractivity contribution in [3.8, 4) is 0 Å². The number of nitrogens with one attached hydrogen (secondary N) is 1. The standard InChI is InChI=1S/C17H20N2O/c1-2-13-6-8-16(9-7-13)17(20)19-12-15-5-3-4-14(10-15)11-18/h3-10H,2,11-12,18H2,1H3,(H,19,20). The molecule has 0 saturated heterocycles. The Balaban J connectivity index is 1.97. The molecule has 3 N–H and O–H groups in total. The number of hydrogen-bond acceptors (Lipinski definition) is 2. The predicted molar refractivity (Wildman–Crippen MR) is 81.3 cm³/mol. The van der Waals surface area contributed by atoms with Gasteiger partial charge in [-0.3, -0.25) is 4.79 Å². The van der Waals surface area contributed by atoms with Crippen LogP contribution in [0.1, 0.15) is 34.0 Å². The minimum Gasteiger partial charge on any atom is -0.348 e. The second kappa shape index (κ2) is 6.87. The largest absolute Gasteiger partial charge is 0.348 e. The minimum absolute atomic E-state index is 0.0502. The van der Waals surface area contributed by atoms with Gasteiger partial charge in [0.25, 0.3) is 5.91 Å². The second-order valence-electron chi connectivity index (χ2n) is 4.76. The maximum Gasteiger partial charge on any atom is 0.251 e. The molecule has 0 fully saturated rings. The molecule has 1 amide bonds. The number of hydrogen-bond donors (Lipinski definition) is 2. The van der Waals surface area contributed by atoms with Crippen molar-refractivity contribution in [3.63, 3.8) is 0 Å². The molecular weight excluding hydrogens is 248 g/mol. The van der Waals surface area contributed by atoms with Crippen molar-refractivity contribution in [2.75, 3.05) is 0 Å². The summed E-state index contributed by atoms with van der Waals surface area (Å²) < 4.78 is 0. The molecule has 0 unspecified atom stereocenters. The third-order valence-electron chi connectivity index (χ3n) is 3.30. The Bertz CT molecular complexity index is 576. The lowest BCUT2D eigenvalue weighted by Gasteiger charge is -2.07. The molecule has 2 rings (SSSR count). The lowest BCUT2D eigenvalue weighted by molar-refractivity contribution is 0.0951. The van der Waals surface area contributed by atoms with E-state index in [-0.39, 0.29) is 5.91 Å². The molecule has 2 aromatic carbocycles. The van der Waals surface area contributed by atoms with Gasteiger partial charge in [-0.2, -0.15) is 0 Å². The summed E-state index contributed by atoms with van der Waals surface area (Å²) >= 11 is 0. The Hall–Kier alpha value is -2.13. The highest BCUT2D eigenvalue weighted by Crippen LogP contribution is 2.07. The molecular formula is C17H20N2O. The molecule has 104 valence electrons. The number of carbonyl (C=O) groups is 1. The summed E-state index contributed by atoms with van der Waals surface area (Å²) in [6.07, 6.45) is 0.980. The third-order valence-corrected chi connectivity index (χ3v) is 3.30. The van der Waals surface area contributed by atoms with Crippen LogP contribution in [-0.4, -0.2) is 5.91 Å². The van der Waals surface area contributed by atoms with E-state index < -0.39 is 0 Å². The molecule has 0 aliphatic heterocycles. The van der Waals surface area contributed by atoms with Gasteiger partial charge < -0.3 is 11.1 Å². The number of aryl methyl sites for hydroxylation is 1. The molecule has 3 heteroatoms. The molecule has 0 radical (unpaired) electrons. The van der Waals surface area contributed by atoms with Crippen LogP contribution in [0.3, 0.4) is 0 Å². The highest BCUT2D eigenvalue weighted by Gasteiger charge is 2.05. The molecule has 0 spiro atoms. The molecule has 0 atom stereocenters. The zero-order valence-electron chi connectivity index (χ0n) is 11.7. The van der Waals surface area contributed by atoms with Crippen molar-refractivity contribution in [2.24, 2.45) is 5.73 Å². The average Bonchev–Trinajstić information content (AvgIpc) is 2.53. The van der Waals surface area contributed by atoms with E-state index in [0.717, 1.165) is 17.5 Å². The van der Waals surface area contributed by atoms with E-state index in [1.54, 1.807) is 0 Å². The lowest BCUT2D eigenvalue weighted by atomic mass is 10.1. The Morgan fingerprint density at radius 2 is 1.75 bits per heavy atom. The van der Waals surface area contributed by atoms with Gasteiger partial charge in [-0.1, -0.05) is 43.3 Å². The number of nitrogens with two attached hydrogens (primary N) is 1. The maximum absolute atomic E-state index is 12.0. The molecule has 0 aliphatic carbocycles.